The van der Waals surface area contributed by atoms with Crippen molar-refractivity contribution < 1.29 is 19.4 Å². The number of fused-ring (bicyclic) bond motifs is 1. The summed E-state index contributed by atoms with van der Waals surface area (Å²) in [5.41, 5.74) is 1.68. The Morgan fingerprint density at radius 2 is 1.94 bits per heavy atom. The van der Waals surface area contributed by atoms with Gasteiger partial charge in [0, 0.05) is 0 Å². The zero-order valence-electron chi connectivity index (χ0n) is 17.8. The quantitative estimate of drug-likeness (QED) is 0.600. The topological polar surface area (TPSA) is 110 Å². The Labute approximate surface area is 189 Å². The van der Waals surface area contributed by atoms with Crippen LogP contribution in [0.4, 0.5) is 0 Å². The van der Waals surface area contributed by atoms with E-state index in [0.29, 0.717) is 5.82 Å². The van der Waals surface area contributed by atoms with Crippen molar-refractivity contribution in [3.8, 4) is 5.69 Å². The average Bonchev–Trinajstić information content (AvgIpc) is 3.57. The van der Waals surface area contributed by atoms with Crippen molar-refractivity contribution in [2.75, 3.05) is 6.54 Å². The third-order valence-corrected chi connectivity index (χ3v) is 6.92. The van der Waals surface area contributed by atoms with Gasteiger partial charge in [0.1, 0.15) is 17.6 Å². The highest BCUT2D eigenvalue weighted by molar-refractivity contribution is 5.91. The van der Waals surface area contributed by atoms with E-state index in [1.54, 1.807) is 15.7 Å². The van der Waals surface area contributed by atoms with Gasteiger partial charge in [-0.15, -0.1) is 5.10 Å². The van der Waals surface area contributed by atoms with Crippen LogP contribution in [0, 0.1) is 18.8 Å². The molecular formula is C24H21N5O4. The molecule has 2 fully saturated rings. The number of tetrazole rings is 1. The second kappa shape index (κ2) is 7.08. The van der Waals surface area contributed by atoms with E-state index in [0.717, 1.165) is 16.8 Å². The summed E-state index contributed by atoms with van der Waals surface area (Å²) in [5, 5.41) is 22.3. The van der Waals surface area contributed by atoms with E-state index in [1.807, 2.05) is 67.6 Å². The summed E-state index contributed by atoms with van der Waals surface area (Å²) < 4.78 is 7.73. The Morgan fingerprint density at radius 1 is 1.18 bits per heavy atom. The molecule has 1 amide bonds. The van der Waals surface area contributed by atoms with Crippen LogP contribution in [0.3, 0.4) is 0 Å². The van der Waals surface area contributed by atoms with Gasteiger partial charge in [-0.25, -0.2) is 0 Å². The number of rotatable bonds is 5. The van der Waals surface area contributed by atoms with E-state index in [4.69, 9.17) is 4.74 Å². The maximum Gasteiger partial charge on any atom is 0.310 e. The molecule has 3 aliphatic heterocycles. The van der Waals surface area contributed by atoms with Crippen LogP contribution in [0.5, 0.6) is 0 Å². The Hall–Kier alpha value is -3.85. The predicted molar refractivity (Wildman–Crippen MR) is 115 cm³/mol. The number of aryl methyl sites for hydroxylation is 1. The molecule has 1 N–H and O–H groups in total. The fourth-order valence-electron chi connectivity index (χ4n) is 5.47. The summed E-state index contributed by atoms with van der Waals surface area (Å²) in [6.07, 6.45) is 3.04. The number of para-hydroxylation sites is 1. The molecular weight excluding hydrogens is 422 g/mol. The minimum Gasteiger partial charge on any atom is -0.481 e. The van der Waals surface area contributed by atoms with Gasteiger partial charge in [-0.05, 0) is 34.5 Å². The molecule has 6 rings (SSSR count). The first kappa shape index (κ1) is 19.8. The van der Waals surface area contributed by atoms with Crippen molar-refractivity contribution in [2.24, 2.45) is 11.8 Å². The maximum absolute atomic E-state index is 13.8. The summed E-state index contributed by atoms with van der Waals surface area (Å²) in [5.74, 6) is -2.49. The lowest BCUT2D eigenvalue weighted by Crippen LogP contribution is -2.39. The SMILES string of the molecule is Cc1ccccc1-n1nnnc1[C@H](c1ccccc1)N1C[C@]23C=C[C@@H](O2)[C@H](C(=O)O)[C@@H]3C1=O. The first-order chi connectivity index (χ1) is 16.0. The number of amides is 1. The normalized spacial score (nSPS) is 28.3. The van der Waals surface area contributed by atoms with E-state index in [1.165, 1.54) is 0 Å². The van der Waals surface area contributed by atoms with Gasteiger partial charge >= 0.3 is 5.97 Å². The molecule has 0 aliphatic carbocycles. The summed E-state index contributed by atoms with van der Waals surface area (Å²) in [6, 6.07) is 16.7. The molecule has 2 saturated heterocycles. The fraction of sp³-hybridized carbons (Fsp3) is 0.292. The number of benzene rings is 2. The molecule has 2 aromatic carbocycles. The minimum atomic E-state index is -1.02. The number of likely N-dealkylation sites (tertiary alicyclic amines) is 1. The Bertz CT molecular complexity index is 1290. The molecule has 0 saturated carbocycles. The molecule has 3 aliphatic rings. The average molecular weight is 443 g/mol. The molecule has 0 unspecified atom stereocenters. The van der Waals surface area contributed by atoms with Gasteiger partial charge in [-0.2, -0.15) is 4.68 Å². The van der Waals surface area contributed by atoms with E-state index in [2.05, 4.69) is 15.5 Å². The fourth-order valence-corrected chi connectivity index (χ4v) is 5.47. The Balaban J connectivity index is 1.49. The second-order valence-corrected chi connectivity index (χ2v) is 8.75. The van der Waals surface area contributed by atoms with Crippen LogP contribution in [0.1, 0.15) is 23.0 Å². The number of nitrogens with zero attached hydrogens (tertiary/aromatic N) is 5. The number of aliphatic carboxylic acids is 1. The molecule has 4 heterocycles. The van der Waals surface area contributed by atoms with Crippen LogP contribution in [0.25, 0.3) is 5.69 Å². The van der Waals surface area contributed by atoms with E-state index in [9.17, 15) is 14.7 Å². The standard InChI is InChI=1S/C24H21N5O4/c1-14-7-5-6-10-16(14)29-21(25-26-27-29)20(15-8-3-2-4-9-15)28-13-24-12-11-17(33-24)18(23(31)32)19(24)22(28)30/h2-12,17-20H,13H2,1H3,(H,31,32)/t17-,18+,19-,20+,24+/m1/s1. The van der Waals surface area contributed by atoms with Crippen molar-refractivity contribution in [3.05, 3.63) is 83.7 Å². The van der Waals surface area contributed by atoms with Crippen molar-refractivity contribution in [3.63, 3.8) is 0 Å². The third kappa shape index (κ3) is 2.78. The number of ether oxygens (including phenoxy) is 1. The lowest BCUT2D eigenvalue weighted by atomic mass is 9.77. The second-order valence-electron chi connectivity index (χ2n) is 8.75. The smallest absolute Gasteiger partial charge is 0.310 e. The molecule has 33 heavy (non-hydrogen) atoms. The molecule has 5 atom stereocenters. The van der Waals surface area contributed by atoms with Crippen LogP contribution in [-0.2, 0) is 14.3 Å². The van der Waals surface area contributed by atoms with Gasteiger partial charge in [0.05, 0.1) is 24.3 Å². The van der Waals surface area contributed by atoms with Crippen LogP contribution in [0.15, 0.2) is 66.7 Å². The first-order valence-electron chi connectivity index (χ1n) is 10.8. The van der Waals surface area contributed by atoms with Crippen molar-refractivity contribution >= 4 is 11.9 Å². The maximum atomic E-state index is 13.8. The zero-order valence-corrected chi connectivity index (χ0v) is 17.8. The number of hydrogen-bond acceptors (Lipinski definition) is 6. The predicted octanol–water partition coefficient (Wildman–Crippen LogP) is 1.93. The lowest BCUT2D eigenvalue weighted by molar-refractivity contribution is -0.148. The molecule has 1 aromatic heterocycles. The lowest BCUT2D eigenvalue weighted by Gasteiger charge is -2.29. The number of carbonyl (C=O) groups excluding carboxylic acids is 1. The molecule has 9 heteroatoms. The van der Waals surface area contributed by atoms with Crippen LogP contribution >= 0.6 is 0 Å². The van der Waals surface area contributed by atoms with Crippen LogP contribution in [-0.4, -0.2) is 60.3 Å². The summed E-state index contributed by atoms with van der Waals surface area (Å²) in [4.78, 5) is 27.5. The van der Waals surface area contributed by atoms with E-state index < -0.39 is 35.6 Å². The molecule has 2 bridgehead atoms. The first-order valence-corrected chi connectivity index (χ1v) is 10.8. The van der Waals surface area contributed by atoms with Gasteiger partial charge < -0.3 is 14.7 Å². The van der Waals surface area contributed by atoms with Crippen LogP contribution < -0.4 is 0 Å². The molecule has 9 nitrogen and oxygen atoms in total. The molecule has 166 valence electrons. The van der Waals surface area contributed by atoms with Gasteiger partial charge in [0.2, 0.25) is 5.91 Å². The summed E-state index contributed by atoms with van der Waals surface area (Å²) in [6.45, 7) is 2.20. The zero-order chi connectivity index (χ0) is 22.7. The van der Waals surface area contributed by atoms with Crippen LogP contribution in [0.2, 0.25) is 0 Å². The summed E-state index contributed by atoms with van der Waals surface area (Å²) >= 11 is 0. The molecule has 3 aromatic rings. The minimum absolute atomic E-state index is 0.230. The highest BCUT2D eigenvalue weighted by Gasteiger charge is 2.68. The van der Waals surface area contributed by atoms with E-state index in [-0.39, 0.29) is 12.5 Å². The number of hydrogen-bond donors (Lipinski definition) is 1. The molecule has 1 spiro atoms. The monoisotopic (exact) mass is 443 g/mol. The van der Waals surface area contributed by atoms with Gasteiger partial charge in [-0.1, -0.05) is 60.7 Å². The number of carboxylic acids is 1. The number of aromatic nitrogens is 4. The summed E-state index contributed by atoms with van der Waals surface area (Å²) in [7, 11) is 0. The van der Waals surface area contributed by atoms with Crippen molar-refractivity contribution in [1.29, 1.82) is 0 Å². The Morgan fingerprint density at radius 3 is 2.70 bits per heavy atom. The highest BCUT2D eigenvalue weighted by atomic mass is 16.5. The van der Waals surface area contributed by atoms with Gasteiger partial charge in [0.25, 0.3) is 0 Å². The van der Waals surface area contributed by atoms with Crippen molar-refractivity contribution in [1.82, 2.24) is 25.1 Å². The molecule has 0 radical (unpaired) electrons. The third-order valence-electron chi connectivity index (χ3n) is 6.92. The van der Waals surface area contributed by atoms with Crippen molar-refractivity contribution in [2.45, 2.75) is 24.7 Å². The Kier molecular flexibility index (Phi) is 4.25. The number of carboxylic acid groups (broad SMARTS) is 1. The van der Waals surface area contributed by atoms with Gasteiger partial charge in [0.15, 0.2) is 5.82 Å². The van der Waals surface area contributed by atoms with Gasteiger partial charge in [-0.3, -0.25) is 9.59 Å². The number of carbonyl (C=O) groups is 2. The largest absolute Gasteiger partial charge is 0.481 e. The highest BCUT2D eigenvalue weighted by Crippen LogP contribution is 2.53. The van der Waals surface area contributed by atoms with E-state index >= 15 is 0 Å².